The highest BCUT2D eigenvalue weighted by molar-refractivity contribution is 7.91. The maximum absolute atomic E-state index is 12.9. The van der Waals surface area contributed by atoms with Crippen LogP contribution in [0.4, 0.5) is 5.13 Å². The Labute approximate surface area is 180 Å². The van der Waals surface area contributed by atoms with Gasteiger partial charge in [0.2, 0.25) is 15.9 Å². The normalized spacial score (nSPS) is 21.5. The number of carbonyl (C=O) groups is 1. The first-order valence-electron chi connectivity index (χ1n) is 9.66. The highest BCUT2D eigenvalue weighted by Gasteiger charge is 2.39. The molecule has 0 saturated carbocycles. The lowest BCUT2D eigenvalue weighted by Gasteiger charge is -2.36. The Morgan fingerprint density at radius 1 is 1.07 bits per heavy atom. The third kappa shape index (κ3) is 4.05. The molecule has 1 aromatic carbocycles. The van der Waals surface area contributed by atoms with Crippen LogP contribution in [0.15, 0.2) is 23.1 Å². The van der Waals surface area contributed by atoms with Gasteiger partial charge in [0.25, 0.3) is 0 Å². The summed E-state index contributed by atoms with van der Waals surface area (Å²) >= 11 is 1.43. The zero-order valence-corrected chi connectivity index (χ0v) is 19.3. The second-order valence-electron chi connectivity index (χ2n) is 7.72. The van der Waals surface area contributed by atoms with Crippen LogP contribution in [-0.2, 0) is 24.7 Å². The van der Waals surface area contributed by atoms with E-state index in [4.69, 9.17) is 0 Å². The third-order valence-corrected chi connectivity index (χ3v) is 9.05. The molecule has 1 amide bonds. The van der Waals surface area contributed by atoms with Gasteiger partial charge in [-0.1, -0.05) is 17.4 Å². The number of sulfonamides is 1. The van der Waals surface area contributed by atoms with Gasteiger partial charge in [-0.05, 0) is 25.0 Å². The molecule has 12 heteroatoms. The molecule has 1 unspecified atom stereocenters. The van der Waals surface area contributed by atoms with Crippen molar-refractivity contribution < 1.29 is 21.6 Å². The number of aromatic nitrogens is 1. The van der Waals surface area contributed by atoms with Gasteiger partial charge in [0, 0.05) is 39.0 Å². The van der Waals surface area contributed by atoms with Crippen molar-refractivity contribution in [2.45, 2.75) is 23.8 Å². The first-order valence-corrected chi connectivity index (χ1v) is 14.2. The second-order valence-corrected chi connectivity index (χ2v) is 12.6. The summed E-state index contributed by atoms with van der Waals surface area (Å²) in [4.78, 5) is 21.5. The standard InChI is InChI=1S/C18H24N4O5S3/c1-29(24,25)15-7-3-6-14-16(15)19-18(28-14)21-11-9-20(10-12-21)17(23)13-5-4-8-22(13)30(2,26)27/h3,6-7,13H,4-5,8-12H2,1-2H3. The predicted octanol–water partition coefficient (Wildman–Crippen LogP) is 0.772. The van der Waals surface area contributed by atoms with Gasteiger partial charge in [0.05, 0.1) is 15.9 Å². The van der Waals surface area contributed by atoms with Gasteiger partial charge in [-0.15, -0.1) is 0 Å². The van der Waals surface area contributed by atoms with E-state index in [2.05, 4.69) is 4.98 Å². The molecule has 1 aromatic heterocycles. The molecule has 0 aliphatic carbocycles. The number of carbonyl (C=O) groups excluding carboxylic acids is 1. The molecule has 9 nitrogen and oxygen atoms in total. The summed E-state index contributed by atoms with van der Waals surface area (Å²) in [5, 5.41) is 0.729. The number of hydrogen-bond acceptors (Lipinski definition) is 8. The van der Waals surface area contributed by atoms with E-state index in [-0.39, 0.29) is 10.8 Å². The number of piperazine rings is 1. The highest BCUT2D eigenvalue weighted by Crippen LogP contribution is 2.33. The quantitative estimate of drug-likeness (QED) is 0.647. The summed E-state index contributed by atoms with van der Waals surface area (Å²) in [7, 11) is -6.78. The Morgan fingerprint density at radius 2 is 1.77 bits per heavy atom. The van der Waals surface area contributed by atoms with Gasteiger partial charge in [-0.25, -0.2) is 21.8 Å². The summed E-state index contributed by atoms with van der Waals surface area (Å²) in [5.74, 6) is -0.138. The third-order valence-electron chi connectivity index (χ3n) is 5.55. The Kier molecular flexibility index (Phi) is 5.54. The topological polar surface area (TPSA) is 108 Å². The van der Waals surface area contributed by atoms with Crippen LogP contribution in [0, 0.1) is 0 Å². The zero-order chi connectivity index (χ0) is 21.7. The Hall–Kier alpha value is -1.76. The molecule has 2 aliphatic rings. The van der Waals surface area contributed by atoms with Crippen LogP contribution in [0.25, 0.3) is 10.2 Å². The second kappa shape index (κ2) is 7.74. The predicted molar refractivity (Wildman–Crippen MR) is 116 cm³/mol. The fourth-order valence-electron chi connectivity index (χ4n) is 4.06. The average molecular weight is 473 g/mol. The van der Waals surface area contributed by atoms with E-state index < -0.39 is 25.9 Å². The van der Waals surface area contributed by atoms with Crippen LogP contribution >= 0.6 is 11.3 Å². The van der Waals surface area contributed by atoms with Crippen LogP contribution in [0.1, 0.15) is 12.8 Å². The fourth-order valence-corrected chi connectivity index (χ4v) is 7.12. The number of hydrogen-bond donors (Lipinski definition) is 0. The number of sulfone groups is 1. The minimum absolute atomic E-state index is 0.138. The maximum Gasteiger partial charge on any atom is 0.241 e. The molecule has 0 bridgehead atoms. The van der Waals surface area contributed by atoms with E-state index in [9.17, 15) is 21.6 Å². The number of nitrogens with zero attached hydrogens (tertiary/aromatic N) is 4. The van der Waals surface area contributed by atoms with Gasteiger partial charge in [-0.2, -0.15) is 4.31 Å². The molecule has 3 heterocycles. The van der Waals surface area contributed by atoms with Crippen LogP contribution in [-0.4, -0.2) is 88.2 Å². The molecular weight excluding hydrogens is 448 g/mol. The highest BCUT2D eigenvalue weighted by atomic mass is 32.2. The Bertz CT molecular complexity index is 1180. The molecule has 0 radical (unpaired) electrons. The molecular formula is C18H24N4O5S3. The molecule has 1 atom stereocenters. The first-order chi connectivity index (χ1) is 14.1. The summed E-state index contributed by atoms with van der Waals surface area (Å²) < 4.78 is 50.1. The van der Waals surface area contributed by atoms with Gasteiger partial charge >= 0.3 is 0 Å². The first kappa shape index (κ1) is 21.5. The van der Waals surface area contributed by atoms with Crippen molar-refractivity contribution in [3.8, 4) is 0 Å². The van der Waals surface area contributed by atoms with Crippen LogP contribution < -0.4 is 4.90 Å². The van der Waals surface area contributed by atoms with Crippen molar-refractivity contribution in [1.82, 2.24) is 14.2 Å². The van der Waals surface area contributed by atoms with E-state index in [1.54, 1.807) is 17.0 Å². The van der Waals surface area contributed by atoms with Gasteiger partial charge in [0.15, 0.2) is 15.0 Å². The number of anilines is 1. The van der Waals surface area contributed by atoms with Crippen LogP contribution in [0.2, 0.25) is 0 Å². The summed E-state index contributed by atoms with van der Waals surface area (Å²) in [5.41, 5.74) is 0.480. The molecule has 0 N–H and O–H groups in total. The van der Waals surface area contributed by atoms with Crippen molar-refractivity contribution in [3.63, 3.8) is 0 Å². The molecule has 30 heavy (non-hydrogen) atoms. The van der Waals surface area contributed by atoms with Crippen molar-refractivity contribution in [3.05, 3.63) is 18.2 Å². The maximum atomic E-state index is 12.9. The lowest BCUT2D eigenvalue weighted by molar-refractivity contribution is -0.134. The van der Waals surface area contributed by atoms with Gasteiger partial charge in [-0.3, -0.25) is 4.79 Å². The number of rotatable bonds is 4. The zero-order valence-electron chi connectivity index (χ0n) is 16.8. The summed E-state index contributed by atoms with van der Waals surface area (Å²) in [6.45, 7) is 2.46. The minimum Gasteiger partial charge on any atom is -0.345 e. The van der Waals surface area contributed by atoms with Gasteiger partial charge < -0.3 is 9.80 Å². The van der Waals surface area contributed by atoms with E-state index >= 15 is 0 Å². The Balaban J connectivity index is 1.48. The summed E-state index contributed by atoms with van der Waals surface area (Å²) in [6, 6.07) is 4.52. The van der Waals surface area contributed by atoms with Crippen LogP contribution in [0.3, 0.4) is 0 Å². The average Bonchev–Trinajstić information content (AvgIpc) is 3.33. The minimum atomic E-state index is -3.40. The van der Waals surface area contributed by atoms with Crippen molar-refractivity contribution in [1.29, 1.82) is 0 Å². The lowest BCUT2D eigenvalue weighted by atomic mass is 10.2. The molecule has 164 valence electrons. The number of fused-ring (bicyclic) bond motifs is 1. The monoisotopic (exact) mass is 472 g/mol. The van der Waals surface area contributed by atoms with Crippen molar-refractivity contribution >= 4 is 52.5 Å². The molecule has 2 aliphatic heterocycles. The van der Waals surface area contributed by atoms with E-state index in [0.29, 0.717) is 51.1 Å². The fraction of sp³-hybridized carbons (Fsp3) is 0.556. The lowest BCUT2D eigenvalue weighted by Crippen LogP contribution is -2.54. The molecule has 2 aromatic rings. The SMILES string of the molecule is CS(=O)(=O)c1cccc2sc(N3CCN(C(=O)C4CCCN4S(C)(=O)=O)CC3)nc12. The number of thiazole rings is 1. The van der Waals surface area contributed by atoms with E-state index in [1.807, 2.05) is 11.0 Å². The Morgan fingerprint density at radius 3 is 2.40 bits per heavy atom. The number of para-hydroxylation sites is 1. The smallest absolute Gasteiger partial charge is 0.241 e. The van der Waals surface area contributed by atoms with Crippen molar-refractivity contribution in [2.75, 3.05) is 50.1 Å². The molecule has 2 fully saturated rings. The number of benzene rings is 1. The summed E-state index contributed by atoms with van der Waals surface area (Å²) in [6.07, 6.45) is 3.57. The van der Waals surface area contributed by atoms with E-state index in [1.165, 1.54) is 21.9 Å². The molecule has 2 saturated heterocycles. The van der Waals surface area contributed by atoms with E-state index in [0.717, 1.165) is 16.1 Å². The largest absolute Gasteiger partial charge is 0.345 e. The van der Waals surface area contributed by atoms with Crippen LogP contribution in [0.5, 0.6) is 0 Å². The molecule has 0 spiro atoms. The molecule has 4 rings (SSSR count). The van der Waals surface area contributed by atoms with Gasteiger partial charge in [0.1, 0.15) is 11.6 Å². The van der Waals surface area contributed by atoms with Crippen molar-refractivity contribution in [2.24, 2.45) is 0 Å². The number of amides is 1.